The summed E-state index contributed by atoms with van der Waals surface area (Å²) in [6, 6.07) is 0. The van der Waals surface area contributed by atoms with Gasteiger partial charge in [-0.25, -0.2) is 0 Å². The number of nitrogens with two attached hydrogens (primary N) is 1. The lowest BCUT2D eigenvalue weighted by atomic mass is 10.1. The number of carbonyl (C=O) groups excluding carboxylic acids is 1. The second-order valence-electron chi connectivity index (χ2n) is 2.30. The number of ketones is 1. The van der Waals surface area contributed by atoms with Gasteiger partial charge in [0.05, 0.1) is 6.10 Å². The highest BCUT2D eigenvalue weighted by Crippen LogP contribution is 1.98. The molecule has 0 saturated heterocycles. The zero-order valence-corrected chi connectivity index (χ0v) is 6.13. The van der Waals surface area contributed by atoms with Crippen molar-refractivity contribution in [3.63, 3.8) is 0 Å². The Hall–Kier alpha value is -0.670. The van der Waals surface area contributed by atoms with E-state index in [-0.39, 0.29) is 18.7 Å². The fourth-order valence-electron chi connectivity index (χ4n) is 0.472. The SMILES string of the molecule is C=C(C)C(=O)CC(O)CN. The smallest absolute Gasteiger partial charge is 0.160 e. The number of hydrogen-bond donors (Lipinski definition) is 2. The summed E-state index contributed by atoms with van der Waals surface area (Å²) in [5.74, 6) is -0.127. The molecule has 3 N–H and O–H groups in total. The number of aliphatic hydroxyl groups excluding tert-OH is 1. The molecule has 0 fully saturated rings. The van der Waals surface area contributed by atoms with Crippen molar-refractivity contribution in [3.8, 4) is 0 Å². The zero-order valence-electron chi connectivity index (χ0n) is 6.13. The van der Waals surface area contributed by atoms with Crippen LogP contribution in [0.1, 0.15) is 13.3 Å². The van der Waals surface area contributed by atoms with Gasteiger partial charge in [0.15, 0.2) is 5.78 Å². The van der Waals surface area contributed by atoms with E-state index in [0.717, 1.165) is 0 Å². The molecule has 3 nitrogen and oxygen atoms in total. The van der Waals surface area contributed by atoms with Crippen LogP contribution in [-0.2, 0) is 4.79 Å². The Morgan fingerprint density at radius 1 is 1.80 bits per heavy atom. The van der Waals surface area contributed by atoms with Gasteiger partial charge in [-0.15, -0.1) is 0 Å². The van der Waals surface area contributed by atoms with Gasteiger partial charge in [0.1, 0.15) is 0 Å². The fraction of sp³-hybridized carbons (Fsp3) is 0.571. The zero-order chi connectivity index (χ0) is 8.15. The van der Waals surface area contributed by atoms with Crippen molar-refractivity contribution in [3.05, 3.63) is 12.2 Å². The molecule has 10 heavy (non-hydrogen) atoms. The van der Waals surface area contributed by atoms with Gasteiger partial charge in [-0.2, -0.15) is 0 Å². The summed E-state index contributed by atoms with van der Waals surface area (Å²) >= 11 is 0. The Labute approximate surface area is 60.5 Å². The van der Waals surface area contributed by atoms with E-state index in [0.29, 0.717) is 5.57 Å². The molecule has 1 unspecified atom stereocenters. The fourth-order valence-corrected chi connectivity index (χ4v) is 0.472. The molecule has 0 radical (unpaired) electrons. The Morgan fingerprint density at radius 3 is 2.60 bits per heavy atom. The lowest BCUT2D eigenvalue weighted by Crippen LogP contribution is -2.23. The Balaban J connectivity index is 3.68. The monoisotopic (exact) mass is 143 g/mol. The lowest BCUT2D eigenvalue weighted by molar-refractivity contribution is -0.117. The third kappa shape index (κ3) is 3.37. The van der Waals surface area contributed by atoms with Crippen LogP contribution in [0.2, 0.25) is 0 Å². The van der Waals surface area contributed by atoms with Crippen molar-refractivity contribution in [2.75, 3.05) is 6.54 Å². The van der Waals surface area contributed by atoms with Crippen molar-refractivity contribution in [2.45, 2.75) is 19.4 Å². The first-order valence-corrected chi connectivity index (χ1v) is 3.14. The van der Waals surface area contributed by atoms with Gasteiger partial charge in [0.25, 0.3) is 0 Å². The maximum Gasteiger partial charge on any atom is 0.160 e. The van der Waals surface area contributed by atoms with Crippen LogP contribution in [0, 0.1) is 0 Å². The van der Waals surface area contributed by atoms with E-state index < -0.39 is 6.10 Å². The Kier molecular flexibility index (Phi) is 3.91. The largest absolute Gasteiger partial charge is 0.391 e. The highest BCUT2D eigenvalue weighted by molar-refractivity contribution is 5.94. The minimum atomic E-state index is -0.718. The molecule has 58 valence electrons. The van der Waals surface area contributed by atoms with Crippen LogP contribution < -0.4 is 5.73 Å². The first-order valence-electron chi connectivity index (χ1n) is 3.14. The van der Waals surface area contributed by atoms with E-state index >= 15 is 0 Å². The van der Waals surface area contributed by atoms with Crippen LogP contribution in [-0.4, -0.2) is 23.5 Å². The third-order valence-electron chi connectivity index (χ3n) is 1.17. The van der Waals surface area contributed by atoms with Gasteiger partial charge in [-0.3, -0.25) is 4.79 Å². The summed E-state index contributed by atoms with van der Waals surface area (Å²) in [7, 11) is 0. The van der Waals surface area contributed by atoms with Gasteiger partial charge in [-0.1, -0.05) is 6.58 Å². The van der Waals surface area contributed by atoms with Crippen LogP contribution >= 0.6 is 0 Å². The summed E-state index contributed by atoms with van der Waals surface area (Å²) in [6.07, 6.45) is -0.629. The second kappa shape index (κ2) is 4.19. The van der Waals surface area contributed by atoms with Crippen molar-refractivity contribution >= 4 is 5.78 Å². The number of allylic oxidation sites excluding steroid dienone is 1. The standard InChI is InChI=1S/C7H13NO2/c1-5(2)7(10)3-6(9)4-8/h6,9H,1,3-4,8H2,2H3. The van der Waals surface area contributed by atoms with Crippen LogP contribution in [0.3, 0.4) is 0 Å². The van der Waals surface area contributed by atoms with E-state index in [1.165, 1.54) is 0 Å². The van der Waals surface area contributed by atoms with E-state index in [9.17, 15) is 4.79 Å². The molecule has 0 aliphatic carbocycles. The third-order valence-corrected chi connectivity index (χ3v) is 1.17. The molecule has 0 heterocycles. The molecule has 0 saturated carbocycles. The lowest BCUT2D eigenvalue weighted by Gasteiger charge is -2.04. The quantitative estimate of drug-likeness (QED) is 0.537. The van der Waals surface area contributed by atoms with Gasteiger partial charge in [0, 0.05) is 13.0 Å². The van der Waals surface area contributed by atoms with Gasteiger partial charge < -0.3 is 10.8 Å². The van der Waals surface area contributed by atoms with Crippen molar-refractivity contribution in [1.29, 1.82) is 0 Å². The molecule has 0 aromatic carbocycles. The number of hydrogen-bond acceptors (Lipinski definition) is 3. The van der Waals surface area contributed by atoms with E-state index in [2.05, 4.69) is 6.58 Å². The average Bonchev–Trinajstić information content (AvgIpc) is 1.87. The molecule has 0 amide bonds. The predicted molar refractivity (Wildman–Crippen MR) is 39.5 cm³/mol. The van der Waals surface area contributed by atoms with Crippen molar-refractivity contribution in [1.82, 2.24) is 0 Å². The molecule has 3 heteroatoms. The van der Waals surface area contributed by atoms with Gasteiger partial charge >= 0.3 is 0 Å². The Morgan fingerprint density at radius 2 is 2.30 bits per heavy atom. The van der Waals surface area contributed by atoms with Crippen molar-refractivity contribution in [2.24, 2.45) is 5.73 Å². The number of rotatable bonds is 4. The first kappa shape index (κ1) is 9.33. The van der Waals surface area contributed by atoms with Crippen LogP contribution in [0.4, 0.5) is 0 Å². The maximum atomic E-state index is 10.8. The normalized spacial score (nSPS) is 12.7. The molecule has 0 aromatic heterocycles. The van der Waals surface area contributed by atoms with Gasteiger partial charge in [-0.05, 0) is 12.5 Å². The summed E-state index contributed by atoms with van der Waals surface area (Å²) in [6.45, 7) is 5.18. The molecule has 0 rings (SSSR count). The molecule has 0 aliphatic rings. The number of aliphatic hydroxyl groups is 1. The highest BCUT2D eigenvalue weighted by Gasteiger charge is 2.08. The van der Waals surface area contributed by atoms with E-state index in [4.69, 9.17) is 10.8 Å². The molecular formula is C7H13NO2. The number of carbonyl (C=O) groups is 1. The van der Waals surface area contributed by atoms with Gasteiger partial charge in [0.2, 0.25) is 0 Å². The Bertz CT molecular complexity index is 143. The van der Waals surface area contributed by atoms with Crippen LogP contribution in [0.5, 0.6) is 0 Å². The predicted octanol–water partition coefficient (Wildman–Crippen LogP) is -0.159. The van der Waals surface area contributed by atoms with Crippen LogP contribution in [0.25, 0.3) is 0 Å². The summed E-state index contributed by atoms with van der Waals surface area (Å²) in [5, 5.41) is 8.89. The van der Waals surface area contributed by atoms with Crippen LogP contribution in [0.15, 0.2) is 12.2 Å². The molecule has 0 bridgehead atoms. The minimum Gasteiger partial charge on any atom is -0.391 e. The number of Topliss-reactive ketones (excluding diaryl/α,β-unsaturated/α-hetero) is 1. The molecule has 0 spiro atoms. The summed E-state index contributed by atoms with van der Waals surface area (Å²) < 4.78 is 0. The van der Waals surface area contributed by atoms with E-state index in [1.807, 2.05) is 0 Å². The molecule has 0 aromatic rings. The summed E-state index contributed by atoms with van der Waals surface area (Å²) in [4.78, 5) is 10.8. The summed E-state index contributed by atoms with van der Waals surface area (Å²) in [5.41, 5.74) is 5.55. The maximum absolute atomic E-state index is 10.8. The average molecular weight is 143 g/mol. The molecule has 1 atom stereocenters. The minimum absolute atomic E-state index is 0.0891. The van der Waals surface area contributed by atoms with Crippen molar-refractivity contribution < 1.29 is 9.90 Å². The first-order chi connectivity index (χ1) is 4.57. The second-order valence-corrected chi connectivity index (χ2v) is 2.30. The van der Waals surface area contributed by atoms with E-state index in [1.54, 1.807) is 6.92 Å². The molecule has 0 aliphatic heterocycles. The highest BCUT2D eigenvalue weighted by atomic mass is 16.3. The topological polar surface area (TPSA) is 63.3 Å². The molecular weight excluding hydrogens is 130 g/mol.